The third-order valence-corrected chi connectivity index (χ3v) is 7.01. The number of quaternary nitrogens is 1. The first-order valence-corrected chi connectivity index (χ1v) is 9.47. The normalized spacial score (nSPS) is 39.8. The van der Waals surface area contributed by atoms with E-state index in [0.717, 1.165) is 22.7 Å². The lowest BCUT2D eigenvalue weighted by molar-refractivity contribution is -0.890. The van der Waals surface area contributed by atoms with Crippen molar-refractivity contribution >= 4 is 0 Å². The fraction of sp³-hybridized carbons (Fsp3) is 1.00. The van der Waals surface area contributed by atoms with Crippen LogP contribution in [0, 0.1) is 23.7 Å². The fourth-order valence-corrected chi connectivity index (χ4v) is 5.90. The first-order valence-electron chi connectivity index (χ1n) is 9.47. The van der Waals surface area contributed by atoms with Gasteiger partial charge in [-0.1, -0.05) is 13.3 Å². The molecule has 0 heterocycles. The van der Waals surface area contributed by atoms with E-state index in [2.05, 4.69) is 21.0 Å². The van der Waals surface area contributed by atoms with Crippen molar-refractivity contribution in [3.8, 4) is 0 Å². The van der Waals surface area contributed by atoms with Crippen LogP contribution in [-0.4, -0.2) is 42.4 Å². The first kappa shape index (κ1) is 18.7. The molecule has 0 aromatic rings. The van der Waals surface area contributed by atoms with Gasteiger partial charge in [0.05, 0.1) is 32.8 Å². The molecule has 4 aliphatic rings. The Bertz CT molecular complexity index is 340. The van der Waals surface area contributed by atoms with Crippen molar-refractivity contribution in [1.29, 1.82) is 0 Å². The summed E-state index contributed by atoms with van der Waals surface area (Å²) < 4.78 is 1.13. The summed E-state index contributed by atoms with van der Waals surface area (Å²) in [6.07, 6.45) is 11.7. The van der Waals surface area contributed by atoms with Gasteiger partial charge in [-0.2, -0.15) is 0 Å². The predicted octanol–water partition coefficient (Wildman–Crippen LogP) is 0.834. The van der Waals surface area contributed by atoms with Crippen LogP contribution in [0.4, 0.5) is 0 Å². The summed E-state index contributed by atoms with van der Waals surface area (Å²) in [5.41, 5.74) is -0.293. The molecule has 130 valence electrons. The van der Waals surface area contributed by atoms with Gasteiger partial charge in [0.2, 0.25) is 0 Å². The van der Waals surface area contributed by atoms with Crippen molar-refractivity contribution in [3.63, 3.8) is 0 Å². The number of halogens is 1. The molecule has 0 aromatic carbocycles. The summed E-state index contributed by atoms with van der Waals surface area (Å²) in [5, 5.41) is 11.4. The molecule has 22 heavy (non-hydrogen) atoms. The zero-order valence-electron chi connectivity index (χ0n) is 14.9. The molecule has 2 nitrogen and oxygen atoms in total. The molecule has 0 amide bonds. The minimum atomic E-state index is -0.293. The van der Waals surface area contributed by atoms with Crippen molar-refractivity contribution in [2.45, 2.75) is 70.3 Å². The van der Waals surface area contributed by atoms with Gasteiger partial charge in [-0.15, -0.1) is 0 Å². The molecule has 4 rings (SSSR count). The quantitative estimate of drug-likeness (QED) is 0.655. The van der Waals surface area contributed by atoms with Crippen LogP contribution in [0.5, 0.6) is 0 Å². The zero-order valence-corrected chi connectivity index (χ0v) is 16.4. The number of rotatable bonds is 7. The maximum Gasteiger partial charge on any atom is 0.0783 e. The third-order valence-electron chi connectivity index (χ3n) is 7.01. The second-order valence-corrected chi connectivity index (χ2v) is 9.14. The second kappa shape index (κ2) is 7.11. The van der Waals surface area contributed by atoms with Gasteiger partial charge in [-0.3, -0.25) is 0 Å². The van der Waals surface area contributed by atoms with E-state index in [-0.39, 0.29) is 22.6 Å². The van der Waals surface area contributed by atoms with Crippen molar-refractivity contribution in [1.82, 2.24) is 0 Å². The maximum absolute atomic E-state index is 11.4. The fourth-order valence-electron chi connectivity index (χ4n) is 5.90. The summed E-state index contributed by atoms with van der Waals surface area (Å²) >= 11 is 0. The van der Waals surface area contributed by atoms with Gasteiger partial charge in [-0.05, 0) is 75.0 Å². The molecular weight excluding hydrogens is 338 g/mol. The Kier molecular flexibility index (Phi) is 6.05. The van der Waals surface area contributed by atoms with E-state index in [9.17, 15) is 5.11 Å². The molecule has 1 N–H and O–H groups in total. The van der Waals surface area contributed by atoms with Crippen molar-refractivity contribution in [2.75, 3.05) is 27.2 Å². The van der Waals surface area contributed by atoms with Gasteiger partial charge in [0.25, 0.3) is 0 Å². The Hall–Kier alpha value is 0.400. The van der Waals surface area contributed by atoms with E-state index in [0.29, 0.717) is 11.8 Å². The van der Waals surface area contributed by atoms with Crippen LogP contribution in [0.1, 0.15) is 64.7 Å². The molecule has 4 fully saturated rings. The van der Waals surface area contributed by atoms with Crippen molar-refractivity contribution in [3.05, 3.63) is 0 Å². The van der Waals surface area contributed by atoms with Gasteiger partial charge >= 0.3 is 0 Å². The highest BCUT2D eigenvalue weighted by molar-refractivity contribution is 5.06. The van der Waals surface area contributed by atoms with E-state index in [1.165, 1.54) is 64.5 Å². The van der Waals surface area contributed by atoms with E-state index in [1.54, 1.807) is 0 Å². The summed E-state index contributed by atoms with van der Waals surface area (Å²) in [6, 6.07) is 0. The number of unbranched alkanes of at least 4 members (excludes halogenated alkanes) is 1. The number of aliphatic hydroxyl groups is 1. The van der Waals surface area contributed by atoms with E-state index in [1.807, 2.05) is 0 Å². The van der Waals surface area contributed by atoms with Gasteiger partial charge in [0.15, 0.2) is 0 Å². The number of nitrogens with zero attached hydrogens (tertiary/aromatic N) is 1. The summed E-state index contributed by atoms with van der Waals surface area (Å²) in [4.78, 5) is 0. The monoisotopic (exact) mass is 373 g/mol. The average Bonchev–Trinajstić information content (AvgIpc) is 2.42. The van der Waals surface area contributed by atoms with Crippen molar-refractivity contribution in [2.24, 2.45) is 23.7 Å². The van der Waals surface area contributed by atoms with Crippen LogP contribution in [-0.2, 0) is 0 Å². The average molecular weight is 374 g/mol. The SMILES string of the molecule is CCCC[N+](C)(C)CCCC1(O)C2CC3CC(C2)CC1C3.[Br-]. The van der Waals surface area contributed by atoms with Crippen LogP contribution >= 0.6 is 0 Å². The highest BCUT2D eigenvalue weighted by Crippen LogP contribution is 2.59. The Morgan fingerprint density at radius 2 is 1.41 bits per heavy atom. The smallest absolute Gasteiger partial charge is 0.0783 e. The first-order chi connectivity index (χ1) is 9.93. The Labute approximate surface area is 148 Å². The lowest BCUT2D eigenvalue weighted by Crippen LogP contribution is -3.00. The van der Waals surface area contributed by atoms with E-state index >= 15 is 0 Å². The highest BCUT2D eigenvalue weighted by Gasteiger charge is 2.55. The molecular formula is C19H36BrNO. The zero-order chi connectivity index (χ0) is 15.1. The molecule has 0 radical (unpaired) electrons. The van der Waals surface area contributed by atoms with E-state index < -0.39 is 0 Å². The lowest BCUT2D eigenvalue weighted by Gasteiger charge is -2.59. The summed E-state index contributed by atoms with van der Waals surface area (Å²) in [5.74, 6) is 3.20. The van der Waals surface area contributed by atoms with Crippen molar-refractivity contribution < 1.29 is 26.6 Å². The molecule has 4 aliphatic carbocycles. The largest absolute Gasteiger partial charge is 1.00 e. The van der Waals surface area contributed by atoms with Gasteiger partial charge < -0.3 is 26.6 Å². The van der Waals surface area contributed by atoms with Gasteiger partial charge in [0, 0.05) is 0 Å². The van der Waals surface area contributed by atoms with Crippen LogP contribution in [0.25, 0.3) is 0 Å². The molecule has 0 unspecified atom stereocenters. The molecule has 0 atom stereocenters. The standard InChI is InChI=1S/C19H36NO.BrH/c1-4-5-8-20(2,3)9-6-7-19(21)17-11-15-10-16(13-17)14-18(19)12-15;/h15-18,21H,4-14H2,1-3H3;1H/q+1;/p-1. The summed E-state index contributed by atoms with van der Waals surface area (Å²) in [7, 11) is 4.72. The van der Waals surface area contributed by atoms with Crippen LogP contribution < -0.4 is 17.0 Å². The van der Waals surface area contributed by atoms with Crippen LogP contribution in [0.2, 0.25) is 0 Å². The minimum Gasteiger partial charge on any atom is -1.00 e. The second-order valence-electron chi connectivity index (χ2n) is 9.14. The Morgan fingerprint density at radius 1 is 0.909 bits per heavy atom. The Balaban J connectivity index is 0.00000176. The van der Waals surface area contributed by atoms with Gasteiger partial charge in [0.1, 0.15) is 0 Å². The maximum atomic E-state index is 11.4. The highest BCUT2D eigenvalue weighted by atomic mass is 79.9. The molecule has 0 spiro atoms. The molecule has 0 saturated heterocycles. The van der Waals surface area contributed by atoms with E-state index in [4.69, 9.17) is 0 Å². The van der Waals surface area contributed by atoms with Crippen LogP contribution in [0.15, 0.2) is 0 Å². The molecule has 4 saturated carbocycles. The molecule has 0 aliphatic heterocycles. The lowest BCUT2D eigenvalue weighted by atomic mass is 9.49. The molecule has 4 bridgehead atoms. The predicted molar refractivity (Wildman–Crippen MR) is 88.0 cm³/mol. The third kappa shape index (κ3) is 3.72. The summed E-state index contributed by atoms with van der Waals surface area (Å²) in [6.45, 7) is 4.79. The Morgan fingerprint density at radius 3 is 1.91 bits per heavy atom. The van der Waals surface area contributed by atoms with Crippen LogP contribution in [0.3, 0.4) is 0 Å². The topological polar surface area (TPSA) is 20.2 Å². The van der Waals surface area contributed by atoms with Gasteiger partial charge in [-0.25, -0.2) is 0 Å². The molecule has 0 aromatic heterocycles. The molecule has 3 heteroatoms. The minimum absolute atomic E-state index is 0. The number of hydrogen-bond acceptors (Lipinski definition) is 1. The number of hydrogen-bond donors (Lipinski definition) is 1.